The van der Waals surface area contributed by atoms with E-state index in [1.165, 1.54) is 36.4 Å². The van der Waals surface area contributed by atoms with Crippen LogP contribution in [0.15, 0.2) is 41.2 Å². The van der Waals surface area contributed by atoms with Gasteiger partial charge >= 0.3 is 5.97 Å². The number of aromatic carboxylic acids is 1. The lowest BCUT2D eigenvalue weighted by Crippen LogP contribution is -2.06. The van der Waals surface area contributed by atoms with E-state index in [0.717, 1.165) is 0 Å². The van der Waals surface area contributed by atoms with E-state index >= 15 is 0 Å². The fraction of sp³-hybridized carbons (Fsp3) is 0. The molecule has 0 amide bonds. The standard InChI is InChI=1S/C12H8FNO3/c13-11-9(5-6-10(15)14-11)7-1-3-8(4-2-7)12(16)17/h1-6H,(H,14,15)(H,16,17). The predicted molar refractivity (Wildman–Crippen MR) is 59.4 cm³/mol. The Labute approximate surface area is 95.4 Å². The Morgan fingerprint density at radius 3 is 2.29 bits per heavy atom. The monoisotopic (exact) mass is 233 g/mol. The minimum Gasteiger partial charge on any atom is -0.478 e. The summed E-state index contributed by atoms with van der Waals surface area (Å²) in [6, 6.07) is 8.29. The van der Waals surface area contributed by atoms with Gasteiger partial charge in [-0.15, -0.1) is 0 Å². The molecule has 2 rings (SSSR count). The average Bonchev–Trinajstić information content (AvgIpc) is 2.29. The van der Waals surface area contributed by atoms with Gasteiger partial charge in [0.1, 0.15) is 0 Å². The number of carboxylic acid groups (broad SMARTS) is 1. The molecule has 0 fully saturated rings. The maximum Gasteiger partial charge on any atom is 0.335 e. The third-order valence-corrected chi connectivity index (χ3v) is 2.31. The second-order valence-corrected chi connectivity index (χ2v) is 3.43. The van der Waals surface area contributed by atoms with Crippen molar-refractivity contribution < 1.29 is 14.3 Å². The number of hydrogen-bond acceptors (Lipinski definition) is 2. The van der Waals surface area contributed by atoms with Crippen LogP contribution in [0.4, 0.5) is 4.39 Å². The van der Waals surface area contributed by atoms with Crippen molar-refractivity contribution >= 4 is 5.97 Å². The van der Waals surface area contributed by atoms with E-state index < -0.39 is 17.5 Å². The van der Waals surface area contributed by atoms with Gasteiger partial charge in [0.05, 0.1) is 5.56 Å². The minimum atomic E-state index is -1.04. The van der Waals surface area contributed by atoms with E-state index in [-0.39, 0.29) is 11.1 Å². The SMILES string of the molecule is O=C(O)c1ccc(-c2ccc(=O)[nH]c2F)cc1. The third-order valence-electron chi connectivity index (χ3n) is 2.31. The third kappa shape index (κ3) is 2.23. The molecule has 1 aromatic heterocycles. The zero-order valence-corrected chi connectivity index (χ0v) is 8.61. The van der Waals surface area contributed by atoms with Crippen molar-refractivity contribution in [3.63, 3.8) is 0 Å². The van der Waals surface area contributed by atoms with Crippen molar-refractivity contribution in [3.05, 3.63) is 58.3 Å². The van der Waals surface area contributed by atoms with Gasteiger partial charge in [-0.1, -0.05) is 12.1 Å². The van der Waals surface area contributed by atoms with Gasteiger partial charge in [0.15, 0.2) is 0 Å². The first kappa shape index (κ1) is 11.1. The van der Waals surface area contributed by atoms with Crippen LogP contribution in [-0.2, 0) is 0 Å². The molecule has 17 heavy (non-hydrogen) atoms. The predicted octanol–water partition coefficient (Wildman–Crippen LogP) is 1.88. The Bertz CT molecular complexity index is 616. The van der Waals surface area contributed by atoms with Crippen molar-refractivity contribution in [3.8, 4) is 11.1 Å². The molecule has 0 radical (unpaired) electrons. The molecule has 1 aromatic carbocycles. The Morgan fingerprint density at radius 1 is 1.12 bits per heavy atom. The van der Waals surface area contributed by atoms with Crippen molar-refractivity contribution in [2.24, 2.45) is 0 Å². The number of H-pyrrole nitrogens is 1. The van der Waals surface area contributed by atoms with E-state index in [4.69, 9.17) is 5.11 Å². The molecule has 0 unspecified atom stereocenters. The minimum absolute atomic E-state index is 0.124. The van der Waals surface area contributed by atoms with E-state index in [9.17, 15) is 14.0 Å². The molecule has 2 aromatic rings. The molecule has 5 heteroatoms. The maximum atomic E-state index is 13.4. The van der Waals surface area contributed by atoms with E-state index in [1.807, 2.05) is 4.98 Å². The highest BCUT2D eigenvalue weighted by Gasteiger charge is 2.07. The number of pyridine rings is 1. The molecule has 0 saturated heterocycles. The van der Waals surface area contributed by atoms with Crippen LogP contribution in [0.1, 0.15) is 10.4 Å². The van der Waals surface area contributed by atoms with Crippen molar-refractivity contribution in [1.29, 1.82) is 0 Å². The summed E-state index contributed by atoms with van der Waals surface area (Å²) in [4.78, 5) is 23.5. The molecule has 86 valence electrons. The van der Waals surface area contributed by atoms with Crippen molar-refractivity contribution in [2.45, 2.75) is 0 Å². The first-order valence-electron chi connectivity index (χ1n) is 4.80. The maximum absolute atomic E-state index is 13.4. The number of carbonyl (C=O) groups is 1. The summed E-state index contributed by atoms with van der Waals surface area (Å²) in [5, 5.41) is 8.72. The topological polar surface area (TPSA) is 70.2 Å². The number of nitrogens with one attached hydrogen (secondary N) is 1. The fourth-order valence-electron chi connectivity index (χ4n) is 1.46. The van der Waals surface area contributed by atoms with Gasteiger partial charge in [0.2, 0.25) is 11.5 Å². The molecule has 0 aliphatic carbocycles. The molecule has 0 bridgehead atoms. The molecular weight excluding hydrogens is 225 g/mol. The molecule has 1 heterocycles. The summed E-state index contributed by atoms with van der Waals surface area (Å²) in [6.07, 6.45) is 0. The smallest absolute Gasteiger partial charge is 0.335 e. The zero-order chi connectivity index (χ0) is 12.4. The first-order valence-corrected chi connectivity index (χ1v) is 4.80. The van der Waals surface area contributed by atoms with Crippen LogP contribution in [0.2, 0.25) is 0 Å². The summed E-state index contributed by atoms with van der Waals surface area (Å²) >= 11 is 0. The molecule has 0 aliphatic rings. The lowest BCUT2D eigenvalue weighted by molar-refractivity contribution is 0.0697. The summed E-state index contributed by atoms with van der Waals surface area (Å²) in [5.74, 6) is -1.78. The highest BCUT2D eigenvalue weighted by Crippen LogP contribution is 2.20. The molecule has 0 saturated carbocycles. The van der Waals surface area contributed by atoms with Gasteiger partial charge in [-0.2, -0.15) is 4.39 Å². The first-order chi connectivity index (χ1) is 8.08. The summed E-state index contributed by atoms with van der Waals surface area (Å²) in [7, 11) is 0. The number of rotatable bonds is 2. The fourth-order valence-corrected chi connectivity index (χ4v) is 1.46. The average molecular weight is 233 g/mol. The quantitative estimate of drug-likeness (QED) is 0.778. The molecular formula is C12H8FNO3. The van der Waals surface area contributed by atoms with Gasteiger partial charge < -0.3 is 5.11 Å². The second-order valence-electron chi connectivity index (χ2n) is 3.43. The van der Waals surface area contributed by atoms with E-state index in [1.54, 1.807) is 0 Å². The lowest BCUT2D eigenvalue weighted by Gasteiger charge is -2.03. The van der Waals surface area contributed by atoms with Crippen LogP contribution in [0, 0.1) is 5.95 Å². The van der Waals surface area contributed by atoms with Crippen molar-refractivity contribution in [1.82, 2.24) is 4.98 Å². The lowest BCUT2D eigenvalue weighted by atomic mass is 10.1. The van der Waals surface area contributed by atoms with Crippen molar-refractivity contribution in [2.75, 3.05) is 0 Å². The number of hydrogen-bond donors (Lipinski definition) is 2. The van der Waals surface area contributed by atoms with Gasteiger partial charge in [0, 0.05) is 11.6 Å². The number of carboxylic acids is 1. The van der Waals surface area contributed by atoms with Crippen LogP contribution in [0.25, 0.3) is 11.1 Å². The van der Waals surface area contributed by atoms with E-state index in [0.29, 0.717) is 5.56 Å². The van der Waals surface area contributed by atoms with Crippen LogP contribution >= 0.6 is 0 Å². The summed E-state index contributed by atoms with van der Waals surface area (Å²) in [6.45, 7) is 0. The van der Waals surface area contributed by atoms with Gasteiger partial charge in [-0.25, -0.2) is 4.79 Å². The Morgan fingerprint density at radius 2 is 1.76 bits per heavy atom. The molecule has 0 atom stereocenters. The number of benzene rings is 1. The Hall–Kier alpha value is -2.43. The zero-order valence-electron chi connectivity index (χ0n) is 8.61. The molecule has 4 nitrogen and oxygen atoms in total. The molecule has 2 N–H and O–H groups in total. The normalized spacial score (nSPS) is 10.2. The summed E-state index contributed by atoms with van der Waals surface area (Å²) in [5.41, 5.74) is 0.331. The van der Waals surface area contributed by atoms with Gasteiger partial charge in [-0.3, -0.25) is 9.78 Å². The summed E-state index contributed by atoms with van der Waals surface area (Å²) < 4.78 is 13.4. The Kier molecular flexibility index (Phi) is 2.74. The number of aromatic amines is 1. The largest absolute Gasteiger partial charge is 0.478 e. The van der Waals surface area contributed by atoms with E-state index in [2.05, 4.69) is 0 Å². The van der Waals surface area contributed by atoms with Gasteiger partial charge in [0.25, 0.3) is 0 Å². The number of aromatic nitrogens is 1. The van der Waals surface area contributed by atoms with Gasteiger partial charge in [-0.05, 0) is 23.8 Å². The molecule has 0 spiro atoms. The van der Waals surface area contributed by atoms with Crippen LogP contribution in [0.5, 0.6) is 0 Å². The highest BCUT2D eigenvalue weighted by molar-refractivity contribution is 5.88. The van der Waals surface area contributed by atoms with Crippen LogP contribution in [0.3, 0.4) is 0 Å². The van der Waals surface area contributed by atoms with Crippen LogP contribution in [-0.4, -0.2) is 16.1 Å². The Balaban J connectivity index is 2.46. The molecule has 0 aliphatic heterocycles. The number of halogens is 1. The van der Waals surface area contributed by atoms with Crippen LogP contribution < -0.4 is 5.56 Å². The second kappa shape index (κ2) is 4.21. The highest BCUT2D eigenvalue weighted by atomic mass is 19.1.